The summed E-state index contributed by atoms with van der Waals surface area (Å²) in [6, 6.07) is 12.0. The summed E-state index contributed by atoms with van der Waals surface area (Å²) in [6.07, 6.45) is 3.48. The molecule has 2 rings (SSSR count). The molecule has 0 unspecified atom stereocenters. The van der Waals surface area contributed by atoms with E-state index in [2.05, 4.69) is 5.32 Å². The van der Waals surface area contributed by atoms with E-state index in [9.17, 15) is 4.79 Å². The highest BCUT2D eigenvalue weighted by molar-refractivity contribution is 5.93. The summed E-state index contributed by atoms with van der Waals surface area (Å²) < 4.78 is 5.35. The maximum Gasteiger partial charge on any atom is 0.220 e. The molecule has 2 aromatic rings. The number of nitrogens with one attached hydrogen (secondary N) is 1. The Kier molecular flexibility index (Phi) is 3.63. The average Bonchev–Trinajstić information content (AvgIpc) is 2.38. The highest BCUT2D eigenvalue weighted by atomic mass is 16.5. The summed E-state index contributed by atoms with van der Waals surface area (Å²) in [5, 5.41) is 4.87. The van der Waals surface area contributed by atoms with Crippen LogP contribution >= 0.6 is 0 Å². The predicted octanol–water partition coefficient (Wildman–Crippen LogP) is 2.96. The predicted molar refractivity (Wildman–Crippen MR) is 73.4 cm³/mol. The summed E-state index contributed by atoms with van der Waals surface area (Å²) in [4.78, 5) is 10.9. The number of ether oxygens (including phenoxy) is 1. The second kappa shape index (κ2) is 5.36. The molecule has 0 heterocycles. The van der Waals surface area contributed by atoms with Crippen molar-refractivity contribution < 1.29 is 9.53 Å². The second-order valence-electron chi connectivity index (χ2n) is 3.94. The van der Waals surface area contributed by atoms with Crippen molar-refractivity contribution >= 4 is 22.8 Å². The Labute approximate surface area is 106 Å². The van der Waals surface area contributed by atoms with Gasteiger partial charge in [0.2, 0.25) is 5.91 Å². The van der Waals surface area contributed by atoms with E-state index in [4.69, 9.17) is 4.74 Å². The van der Waals surface area contributed by atoms with Crippen LogP contribution in [0.1, 0.15) is 12.5 Å². The topological polar surface area (TPSA) is 38.3 Å². The normalized spacial score (nSPS) is 10.8. The van der Waals surface area contributed by atoms with Crippen molar-refractivity contribution in [1.29, 1.82) is 0 Å². The summed E-state index contributed by atoms with van der Waals surface area (Å²) in [6.45, 7) is 1.48. The zero-order valence-corrected chi connectivity index (χ0v) is 10.4. The van der Waals surface area contributed by atoms with Gasteiger partial charge < -0.3 is 10.1 Å². The molecule has 1 N–H and O–H groups in total. The Morgan fingerprint density at radius 1 is 1.22 bits per heavy atom. The molecule has 0 saturated carbocycles. The molecular weight excluding hydrogens is 226 g/mol. The third kappa shape index (κ3) is 2.51. The number of amides is 1. The second-order valence-corrected chi connectivity index (χ2v) is 3.94. The van der Waals surface area contributed by atoms with Gasteiger partial charge in [0, 0.05) is 18.7 Å². The van der Waals surface area contributed by atoms with Gasteiger partial charge in [-0.15, -0.1) is 0 Å². The van der Waals surface area contributed by atoms with Gasteiger partial charge >= 0.3 is 0 Å². The lowest BCUT2D eigenvalue weighted by atomic mass is 10.0. The summed E-state index contributed by atoms with van der Waals surface area (Å²) in [5.41, 5.74) is 0.962. The molecule has 0 aliphatic rings. The molecule has 92 valence electrons. The summed E-state index contributed by atoms with van der Waals surface area (Å²) in [7, 11) is 1.64. The van der Waals surface area contributed by atoms with Crippen LogP contribution in [-0.2, 0) is 4.79 Å². The Morgan fingerprint density at radius 3 is 2.72 bits per heavy atom. The first-order valence-electron chi connectivity index (χ1n) is 5.72. The minimum Gasteiger partial charge on any atom is -0.496 e. The lowest BCUT2D eigenvalue weighted by Crippen LogP contribution is -2.11. The van der Waals surface area contributed by atoms with Gasteiger partial charge in [-0.1, -0.05) is 30.3 Å². The third-order valence-corrected chi connectivity index (χ3v) is 2.69. The largest absolute Gasteiger partial charge is 0.496 e. The molecule has 1 amide bonds. The highest BCUT2D eigenvalue weighted by Gasteiger charge is 2.04. The molecule has 3 nitrogen and oxygen atoms in total. The third-order valence-electron chi connectivity index (χ3n) is 2.69. The highest BCUT2D eigenvalue weighted by Crippen LogP contribution is 2.28. The van der Waals surface area contributed by atoms with Crippen LogP contribution in [-0.4, -0.2) is 13.0 Å². The number of methoxy groups -OCH3 is 1. The van der Waals surface area contributed by atoms with Gasteiger partial charge in [-0.2, -0.15) is 0 Å². The lowest BCUT2D eigenvalue weighted by Gasteiger charge is -2.08. The molecule has 0 aromatic heterocycles. The van der Waals surface area contributed by atoms with Gasteiger partial charge in [0.15, 0.2) is 0 Å². The maximum absolute atomic E-state index is 10.9. The van der Waals surface area contributed by atoms with E-state index in [1.54, 1.807) is 13.3 Å². The molecule has 2 aromatic carbocycles. The fourth-order valence-corrected chi connectivity index (χ4v) is 1.87. The maximum atomic E-state index is 10.9. The fourth-order valence-electron chi connectivity index (χ4n) is 1.87. The van der Waals surface area contributed by atoms with Gasteiger partial charge in [-0.05, 0) is 22.9 Å². The monoisotopic (exact) mass is 241 g/mol. The molecule has 0 spiro atoms. The zero-order chi connectivity index (χ0) is 13.0. The molecule has 0 fully saturated rings. The molecule has 0 aliphatic heterocycles. The van der Waals surface area contributed by atoms with Gasteiger partial charge in [0.05, 0.1) is 7.11 Å². The fraction of sp³-hybridized carbons (Fsp3) is 0.133. The Hall–Kier alpha value is -2.29. The Balaban J connectivity index is 2.51. The van der Waals surface area contributed by atoms with Crippen molar-refractivity contribution in [2.24, 2.45) is 0 Å². The molecule has 0 atom stereocenters. The van der Waals surface area contributed by atoms with Crippen LogP contribution in [0.2, 0.25) is 0 Å². The van der Waals surface area contributed by atoms with Gasteiger partial charge in [0.25, 0.3) is 0 Å². The van der Waals surface area contributed by atoms with Crippen LogP contribution < -0.4 is 10.1 Å². The first-order chi connectivity index (χ1) is 8.72. The molecule has 0 saturated heterocycles. The van der Waals surface area contributed by atoms with Crippen LogP contribution in [0.15, 0.2) is 42.6 Å². The van der Waals surface area contributed by atoms with Crippen molar-refractivity contribution in [3.8, 4) is 5.75 Å². The molecule has 0 radical (unpaired) electrons. The minimum absolute atomic E-state index is 0.0922. The number of fused-ring (bicyclic) bond motifs is 1. The standard InChI is InChI=1S/C15H15NO2/c1-11(17)16-10-9-14-13-6-4-3-5-12(13)7-8-15(14)18-2/h3-10H,1-2H3,(H,16,17)/b10-9+. The van der Waals surface area contributed by atoms with E-state index < -0.39 is 0 Å². The van der Waals surface area contributed by atoms with Crippen molar-refractivity contribution in [2.75, 3.05) is 7.11 Å². The van der Waals surface area contributed by atoms with Crippen LogP contribution in [0.5, 0.6) is 5.75 Å². The van der Waals surface area contributed by atoms with E-state index in [1.165, 1.54) is 6.92 Å². The van der Waals surface area contributed by atoms with Gasteiger partial charge in [0.1, 0.15) is 5.75 Å². The molecule has 0 aliphatic carbocycles. The van der Waals surface area contributed by atoms with E-state index in [-0.39, 0.29) is 5.91 Å². The van der Waals surface area contributed by atoms with Crippen molar-refractivity contribution in [3.63, 3.8) is 0 Å². The Bertz CT molecular complexity index is 602. The number of benzene rings is 2. The molecule has 0 bridgehead atoms. The minimum atomic E-state index is -0.0922. The lowest BCUT2D eigenvalue weighted by molar-refractivity contribution is -0.118. The van der Waals surface area contributed by atoms with Crippen molar-refractivity contribution in [3.05, 3.63) is 48.2 Å². The number of carbonyl (C=O) groups excluding carboxylic acids is 1. The quantitative estimate of drug-likeness (QED) is 0.897. The number of hydrogen-bond donors (Lipinski definition) is 1. The smallest absolute Gasteiger partial charge is 0.220 e. The van der Waals surface area contributed by atoms with Crippen LogP contribution in [0.4, 0.5) is 0 Å². The van der Waals surface area contributed by atoms with Crippen LogP contribution in [0.25, 0.3) is 16.8 Å². The van der Waals surface area contributed by atoms with Crippen LogP contribution in [0, 0.1) is 0 Å². The van der Waals surface area contributed by atoms with Crippen LogP contribution in [0.3, 0.4) is 0 Å². The first-order valence-corrected chi connectivity index (χ1v) is 5.72. The Morgan fingerprint density at radius 2 is 2.00 bits per heavy atom. The van der Waals surface area contributed by atoms with Crippen molar-refractivity contribution in [1.82, 2.24) is 5.32 Å². The zero-order valence-electron chi connectivity index (χ0n) is 10.4. The van der Waals surface area contributed by atoms with E-state index in [0.29, 0.717) is 0 Å². The molecule has 3 heteroatoms. The van der Waals surface area contributed by atoms with Gasteiger partial charge in [-0.25, -0.2) is 0 Å². The van der Waals surface area contributed by atoms with E-state index in [1.807, 2.05) is 42.5 Å². The average molecular weight is 241 g/mol. The van der Waals surface area contributed by atoms with Gasteiger partial charge in [-0.3, -0.25) is 4.79 Å². The molecule has 18 heavy (non-hydrogen) atoms. The first kappa shape index (κ1) is 12.2. The van der Waals surface area contributed by atoms with E-state index >= 15 is 0 Å². The summed E-state index contributed by atoms with van der Waals surface area (Å²) in [5.74, 6) is 0.695. The number of carbonyl (C=O) groups is 1. The SMILES string of the molecule is COc1ccc2ccccc2c1/C=C/NC(C)=O. The number of hydrogen-bond acceptors (Lipinski definition) is 2. The molecular formula is C15H15NO2. The van der Waals surface area contributed by atoms with E-state index in [0.717, 1.165) is 22.1 Å². The summed E-state index contributed by atoms with van der Waals surface area (Å²) >= 11 is 0. The van der Waals surface area contributed by atoms with Crippen molar-refractivity contribution in [2.45, 2.75) is 6.92 Å². The number of rotatable bonds is 3.